The summed E-state index contributed by atoms with van der Waals surface area (Å²) in [6.07, 6.45) is 4.76. The molecular formula is C21H31N5O. The van der Waals surface area contributed by atoms with E-state index >= 15 is 0 Å². The predicted octanol–water partition coefficient (Wildman–Crippen LogP) is 1.61. The maximum absolute atomic E-state index is 12.8. The Balaban J connectivity index is 1.31. The number of benzene rings is 1. The van der Waals surface area contributed by atoms with E-state index in [0.717, 1.165) is 50.2 Å². The Bertz CT molecular complexity index is 714. The first-order chi connectivity index (χ1) is 13.2. The summed E-state index contributed by atoms with van der Waals surface area (Å²) in [7, 11) is 1.77. The number of nitrogens with one attached hydrogen (secondary N) is 2. The number of hydrogen-bond donors (Lipinski definition) is 2. The molecule has 2 atom stereocenters. The molecule has 1 aromatic rings. The van der Waals surface area contributed by atoms with Gasteiger partial charge in [0.2, 0.25) is 5.91 Å². The number of para-hydroxylation sites is 1. The lowest BCUT2D eigenvalue weighted by Crippen LogP contribution is -2.50. The van der Waals surface area contributed by atoms with Gasteiger partial charge in [-0.15, -0.1) is 0 Å². The molecule has 0 bridgehead atoms. The van der Waals surface area contributed by atoms with Gasteiger partial charge in [-0.3, -0.25) is 14.7 Å². The fourth-order valence-electron chi connectivity index (χ4n) is 4.35. The van der Waals surface area contributed by atoms with Crippen molar-refractivity contribution in [3.8, 4) is 0 Å². The first-order valence-electron chi connectivity index (χ1n) is 10.2. The van der Waals surface area contributed by atoms with Gasteiger partial charge < -0.3 is 15.5 Å². The van der Waals surface area contributed by atoms with Crippen molar-refractivity contribution in [3.63, 3.8) is 0 Å². The molecule has 2 aliphatic heterocycles. The second-order valence-electron chi connectivity index (χ2n) is 8.12. The Labute approximate surface area is 162 Å². The van der Waals surface area contributed by atoms with E-state index in [1.807, 2.05) is 23.1 Å². The molecule has 2 fully saturated rings. The van der Waals surface area contributed by atoms with E-state index in [1.54, 1.807) is 7.05 Å². The van der Waals surface area contributed by atoms with Gasteiger partial charge in [-0.05, 0) is 43.2 Å². The van der Waals surface area contributed by atoms with Crippen LogP contribution in [0.3, 0.4) is 0 Å². The first-order valence-corrected chi connectivity index (χ1v) is 10.2. The number of rotatable bonds is 4. The van der Waals surface area contributed by atoms with E-state index in [2.05, 4.69) is 33.5 Å². The standard InChI is InChI=1S/C21H31N5O/c1-15-13-25(17-9-10-17)14-18(15)24-21(22-2)23-12-20(27)26-11-5-7-16-6-3-4-8-19(16)26/h3-4,6,8,15,17-18H,5,7,9-14H2,1-2H3,(H2,22,23,24). The Kier molecular flexibility index (Phi) is 5.34. The fraction of sp³-hybridized carbons (Fsp3) is 0.619. The van der Waals surface area contributed by atoms with E-state index in [-0.39, 0.29) is 12.5 Å². The lowest BCUT2D eigenvalue weighted by molar-refractivity contribution is -0.117. The van der Waals surface area contributed by atoms with Crippen molar-refractivity contribution in [3.05, 3.63) is 29.8 Å². The van der Waals surface area contributed by atoms with Crippen LogP contribution in [0.15, 0.2) is 29.3 Å². The van der Waals surface area contributed by atoms with Crippen LogP contribution in [0.25, 0.3) is 0 Å². The zero-order chi connectivity index (χ0) is 18.8. The summed E-state index contributed by atoms with van der Waals surface area (Å²) in [6.45, 7) is 5.58. The molecule has 6 heteroatoms. The second kappa shape index (κ2) is 7.89. The lowest BCUT2D eigenvalue weighted by atomic mass is 10.0. The normalized spacial score (nSPS) is 26.0. The van der Waals surface area contributed by atoms with Gasteiger partial charge in [0.05, 0.1) is 6.54 Å². The maximum Gasteiger partial charge on any atom is 0.246 e. The molecule has 1 saturated carbocycles. The van der Waals surface area contributed by atoms with E-state index in [4.69, 9.17) is 0 Å². The van der Waals surface area contributed by atoms with Crippen molar-refractivity contribution >= 4 is 17.6 Å². The van der Waals surface area contributed by atoms with Crippen LogP contribution in [0.1, 0.15) is 31.7 Å². The van der Waals surface area contributed by atoms with Gasteiger partial charge in [0.15, 0.2) is 5.96 Å². The molecular weight excluding hydrogens is 338 g/mol. The van der Waals surface area contributed by atoms with Gasteiger partial charge in [0, 0.05) is 44.5 Å². The molecule has 2 heterocycles. The molecule has 2 unspecified atom stereocenters. The molecule has 1 aromatic carbocycles. The van der Waals surface area contributed by atoms with Crippen molar-refractivity contribution in [1.29, 1.82) is 0 Å². The highest BCUT2D eigenvalue weighted by Gasteiger charge is 2.38. The zero-order valence-corrected chi connectivity index (χ0v) is 16.4. The van der Waals surface area contributed by atoms with Gasteiger partial charge in [-0.1, -0.05) is 25.1 Å². The Hall–Kier alpha value is -2.08. The molecule has 4 rings (SSSR count). The average molecular weight is 370 g/mol. The summed E-state index contributed by atoms with van der Waals surface area (Å²) in [5.74, 6) is 1.42. The molecule has 2 N–H and O–H groups in total. The fourth-order valence-corrected chi connectivity index (χ4v) is 4.35. The van der Waals surface area contributed by atoms with E-state index < -0.39 is 0 Å². The van der Waals surface area contributed by atoms with Crippen molar-refractivity contribution in [2.75, 3.05) is 38.1 Å². The molecule has 1 aliphatic carbocycles. The molecule has 1 amide bonds. The van der Waals surface area contributed by atoms with E-state index in [9.17, 15) is 4.79 Å². The van der Waals surface area contributed by atoms with Crippen molar-refractivity contribution in [2.45, 2.75) is 44.7 Å². The third-order valence-corrected chi connectivity index (χ3v) is 6.07. The van der Waals surface area contributed by atoms with E-state index in [0.29, 0.717) is 12.0 Å². The maximum atomic E-state index is 12.8. The number of nitrogens with zero attached hydrogens (tertiary/aromatic N) is 3. The number of carbonyl (C=O) groups excluding carboxylic acids is 1. The van der Waals surface area contributed by atoms with Crippen LogP contribution < -0.4 is 15.5 Å². The Morgan fingerprint density at radius 2 is 2.07 bits per heavy atom. The largest absolute Gasteiger partial charge is 0.352 e. The van der Waals surface area contributed by atoms with Crippen LogP contribution in [0.2, 0.25) is 0 Å². The number of guanidine groups is 1. The monoisotopic (exact) mass is 369 g/mol. The molecule has 6 nitrogen and oxygen atoms in total. The summed E-state index contributed by atoms with van der Waals surface area (Å²) < 4.78 is 0. The number of likely N-dealkylation sites (tertiary alicyclic amines) is 1. The number of anilines is 1. The van der Waals surface area contributed by atoms with Gasteiger partial charge in [0.1, 0.15) is 0 Å². The van der Waals surface area contributed by atoms with Gasteiger partial charge in [-0.2, -0.15) is 0 Å². The number of aliphatic imine (C=N–C) groups is 1. The SMILES string of the molecule is CN=C(NCC(=O)N1CCCc2ccccc21)NC1CN(C2CC2)CC1C. The number of hydrogen-bond acceptors (Lipinski definition) is 3. The third kappa shape index (κ3) is 4.10. The summed E-state index contributed by atoms with van der Waals surface area (Å²) in [4.78, 5) is 21.6. The highest BCUT2D eigenvalue weighted by atomic mass is 16.2. The third-order valence-electron chi connectivity index (χ3n) is 6.07. The highest BCUT2D eigenvalue weighted by Crippen LogP contribution is 2.31. The van der Waals surface area contributed by atoms with Crippen LogP contribution in [-0.4, -0.2) is 62.1 Å². The molecule has 0 aromatic heterocycles. The summed E-state index contributed by atoms with van der Waals surface area (Å²) >= 11 is 0. The van der Waals surface area contributed by atoms with Gasteiger partial charge in [-0.25, -0.2) is 0 Å². The zero-order valence-electron chi connectivity index (χ0n) is 16.4. The molecule has 0 spiro atoms. The van der Waals surface area contributed by atoms with Crippen molar-refractivity contribution in [1.82, 2.24) is 15.5 Å². The summed E-state index contributed by atoms with van der Waals surface area (Å²) in [5.41, 5.74) is 2.32. The quantitative estimate of drug-likeness (QED) is 0.625. The molecule has 1 saturated heterocycles. The highest BCUT2D eigenvalue weighted by molar-refractivity contribution is 5.98. The minimum Gasteiger partial charge on any atom is -0.352 e. The first kappa shape index (κ1) is 18.3. The lowest BCUT2D eigenvalue weighted by Gasteiger charge is -2.30. The van der Waals surface area contributed by atoms with Gasteiger partial charge in [0.25, 0.3) is 0 Å². The minimum absolute atomic E-state index is 0.101. The van der Waals surface area contributed by atoms with Crippen LogP contribution in [-0.2, 0) is 11.2 Å². The van der Waals surface area contributed by atoms with E-state index in [1.165, 1.54) is 18.4 Å². The van der Waals surface area contributed by atoms with Crippen molar-refractivity contribution < 1.29 is 4.79 Å². The number of carbonyl (C=O) groups is 1. The Morgan fingerprint density at radius 1 is 1.26 bits per heavy atom. The van der Waals surface area contributed by atoms with Gasteiger partial charge >= 0.3 is 0 Å². The minimum atomic E-state index is 0.101. The summed E-state index contributed by atoms with van der Waals surface area (Å²) in [5, 5.41) is 6.77. The number of fused-ring (bicyclic) bond motifs is 1. The molecule has 146 valence electrons. The molecule has 27 heavy (non-hydrogen) atoms. The van der Waals surface area contributed by atoms with Crippen LogP contribution in [0.4, 0.5) is 5.69 Å². The summed E-state index contributed by atoms with van der Waals surface area (Å²) in [6, 6.07) is 9.41. The molecule has 3 aliphatic rings. The predicted molar refractivity (Wildman–Crippen MR) is 109 cm³/mol. The van der Waals surface area contributed by atoms with Crippen LogP contribution in [0.5, 0.6) is 0 Å². The topological polar surface area (TPSA) is 60.0 Å². The average Bonchev–Trinajstić information content (AvgIpc) is 3.48. The van der Waals surface area contributed by atoms with Crippen LogP contribution in [0, 0.1) is 5.92 Å². The second-order valence-corrected chi connectivity index (χ2v) is 8.12. The molecule has 0 radical (unpaired) electrons. The smallest absolute Gasteiger partial charge is 0.246 e. The van der Waals surface area contributed by atoms with Crippen LogP contribution >= 0.6 is 0 Å². The number of amides is 1. The Morgan fingerprint density at radius 3 is 2.85 bits per heavy atom. The number of aryl methyl sites for hydroxylation is 1. The van der Waals surface area contributed by atoms with Crippen molar-refractivity contribution in [2.24, 2.45) is 10.9 Å².